The number of benzene rings is 1. The van der Waals surface area contributed by atoms with Crippen LogP contribution in [0.3, 0.4) is 0 Å². The van der Waals surface area contributed by atoms with Crippen molar-refractivity contribution in [2.45, 2.75) is 13.0 Å². The molecule has 1 rings (SSSR count). The molecule has 0 aromatic heterocycles. The Hall–Kier alpha value is -1.75. The molecule has 2 amide bonds. The number of nitrogens with one attached hydrogen (secondary N) is 2. The van der Waals surface area contributed by atoms with Gasteiger partial charge in [0.25, 0.3) is 5.91 Å². The molecular formula is C11H13ClN2O3. The van der Waals surface area contributed by atoms with Crippen molar-refractivity contribution in [3.05, 3.63) is 28.8 Å². The molecule has 0 radical (unpaired) electrons. The summed E-state index contributed by atoms with van der Waals surface area (Å²) in [7, 11) is 1.48. The minimum Gasteiger partial charge on any atom is -0.507 e. The van der Waals surface area contributed by atoms with Gasteiger partial charge in [-0.3, -0.25) is 9.59 Å². The Morgan fingerprint density at radius 3 is 2.59 bits per heavy atom. The Labute approximate surface area is 104 Å². The van der Waals surface area contributed by atoms with E-state index in [1.54, 1.807) is 6.92 Å². The van der Waals surface area contributed by atoms with Crippen LogP contribution in [-0.2, 0) is 4.79 Å². The quantitative estimate of drug-likeness (QED) is 0.752. The van der Waals surface area contributed by atoms with Gasteiger partial charge < -0.3 is 15.7 Å². The molecule has 0 saturated heterocycles. The van der Waals surface area contributed by atoms with Crippen molar-refractivity contribution < 1.29 is 14.7 Å². The number of halogens is 1. The monoisotopic (exact) mass is 256 g/mol. The number of likely N-dealkylation sites (N-methyl/N-ethyl adjacent to an activating group) is 1. The van der Waals surface area contributed by atoms with Crippen LogP contribution in [0.25, 0.3) is 0 Å². The summed E-state index contributed by atoms with van der Waals surface area (Å²) in [5.74, 6) is -1.07. The molecule has 1 atom stereocenters. The topological polar surface area (TPSA) is 78.4 Å². The molecule has 17 heavy (non-hydrogen) atoms. The molecule has 5 nitrogen and oxygen atoms in total. The summed E-state index contributed by atoms with van der Waals surface area (Å²) in [5.41, 5.74) is 0.0742. The smallest absolute Gasteiger partial charge is 0.255 e. The van der Waals surface area contributed by atoms with Crippen LogP contribution in [0.15, 0.2) is 18.2 Å². The van der Waals surface area contributed by atoms with Crippen LogP contribution in [0.1, 0.15) is 17.3 Å². The van der Waals surface area contributed by atoms with Crippen LogP contribution in [0.4, 0.5) is 0 Å². The Bertz CT molecular complexity index is 448. The van der Waals surface area contributed by atoms with E-state index in [0.29, 0.717) is 5.02 Å². The van der Waals surface area contributed by atoms with Crippen molar-refractivity contribution >= 4 is 23.4 Å². The van der Waals surface area contributed by atoms with E-state index < -0.39 is 11.9 Å². The summed E-state index contributed by atoms with van der Waals surface area (Å²) in [6.07, 6.45) is 0. The fraction of sp³-hybridized carbons (Fsp3) is 0.273. The van der Waals surface area contributed by atoms with Crippen LogP contribution in [0.2, 0.25) is 5.02 Å². The highest BCUT2D eigenvalue weighted by molar-refractivity contribution is 6.30. The van der Waals surface area contributed by atoms with Crippen molar-refractivity contribution in [3.63, 3.8) is 0 Å². The van der Waals surface area contributed by atoms with Crippen LogP contribution in [0, 0.1) is 0 Å². The number of phenolic OH excluding ortho intramolecular Hbond substituents is 1. The number of hydrogen-bond donors (Lipinski definition) is 3. The van der Waals surface area contributed by atoms with Gasteiger partial charge in [-0.25, -0.2) is 0 Å². The fourth-order valence-electron chi connectivity index (χ4n) is 1.25. The highest BCUT2D eigenvalue weighted by atomic mass is 35.5. The van der Waals surface area contributed by atoms with Crippen molar-refractivity contribution in [1.82, 2.24) is 10.6 Å². The summed E-state index contributed by atoms with van der Waals surface area (Å²) < 4.78 is 0. The average molecular weight is 257 g/mol. The lowest BCUT2D eigenvalue weighted by Crippen LogP contribution is -2.43. The molecule has 1 aromatic carbocycles. The molecule has 0 aliphatic rings. The Balaban J connectivity index is 2.80. The molecule has 0 bridgehead atoms. The van der Waals surface area contributed by atoms with Gasteiger partial charge in [-0.15, -0.1) is 0 Å². The van der Waals surface area contributed by atoms with E-state index in [4.69, 9.17) is 11.6 Å². The highest BCUT2D eigenvalue weighted by Gasteiger charge is 2.17. The summed E-state index contributed by atoms with van der Waals surface area (Å²) in [5, 5.41) is 14.7. The summed E-state index contributed by atoms with van der Waals surface area (Å²) in [6, 6.07) is 3.47. The minimum atomic E-state index is -0.678. The van der Waals surface area contributed by atoms with Crippen LogP contribution >= 0.6 is 11.6 Å². The van der Waals surface area contributed by atoms with Gasteiger partial charge >= 0.3 is 0 Å². The average Bonchev–Trinajstić information content (AvgIpc) is 2.27. The van der Waals surface area contributed by atoms with Gasteiger partial charge in [0, 0.05) is 12.1 Å². The van der Waals surface area contributed by atoms with Crippen molar-refractivity contribution in [3.8, 4) is 5.75 Å². The van der Waals surface area contributed by atoms with E-state index in [1.165, 1.54) is 25.2 Å². The van der Waals surface area contributed by atoms with Gasteiger partial charge in [0.1, 0.15) is 11.8 Å². The number of phenols is 1. The number of rotatable bonds is 3. The van der Waals surface area contributed by atoms with Crippen LogP contribution in [-0.4, -0.2) is 30.0 Å². The first-order chi connectivity index (χ1) is 7.95. The van der Waals surface area contributed by atoms with Gasteiger partial charge in [0.2, 0.25) is 5.91 Å². The van der Waals surface area contributed by atoms with Gasteiger partial charge in [0.15, 0.2) is 0 Å². The first kappa shape index (κ1) is 13.3. The second kappa shape index (κ2) is 5.54. The molecule has 92 valence electrons. The summed E-state index contributed by atoms with van der Waals surface area (Å²) >= 11 is 5.64. The molecule has 0 saturated carbocycles. The number of hydrogen-bond acceptors (Lipinski definition) is 3. The van der Waals surface area contributed by atoms with Crippen LogP contribution < -0.4 is 10.6 Å². The number of amides is 2. The molecular weight excluding hydrogens is 244 g/mol. The lowest BCUT2D eigenvalue weighted by molar-refractivity contribution is -0.122. The fourth-order valence-corrected chi connectivity index (χ4v) is 1.42. The van der Waals surface area contributed by atoms with Crippen molar-refractivity contribution in [1.29, 1.82) is 0 Å². The number of carbonyl (C=O) groups excluding carboxylic acids is 2. The molecule has 0 fully saturated rings. The molecule has 1 unspecified atom stereocenters. The van der Waals surface area contributed by atoms with Crippen molar-refractivity contribution in [2.24, 2.45) is 0 Å². The van der Waals surface area contributed by atoms with E-state index in [0.717, 1.165) is 0 Å². The molecule has 0 spiro atoms. The number of aromatic hydroxyl groups is 1. The summed E-state index contributed by atoms with van der Waals surface area (Å²) in [4.78, 5) is 22.9. The summed E-state index contributed by atoms with van der Waals surface area (Å²) in [6.45, 7) is 1.55. The molecule has 6 heteroatoms. The van der Waals surface area contributed by atoms with Crippen LogP contribution in [0.5, 0.6) is 5.75 Å². The minimum absolute atomic E-state index is 0.0742. The van der Waals surface area contributed by atoms with Crippen molar-refractivity contribution in [2.75, 3.05) is 7.05 Å². The van der Waals surface area contributed by atoms with E-state index in [1.807, 2.05) is 0 Å². The molecule has 0 aliphatic heterocycles. The normalized spacial score (nSPS) is 11.7. The third-order valence-corrected chi connectivity index (χ3v) is 2.43. The second-order valence-electron chi connectivity index (χ2n) is 3.47. The zero-order chi connectivity index (χ0) is 13.0. The highest BCUT2D eigenvalue weighted by Crippen LogP contribution is 2.21. The molecule has 3 N–H and O–H groups in total. The third kappa shape index (κ3) is 3.35. The Morgan fingerprint density at radius 1 is 1.41 bits per heavy atom. The first-order valence-electron chi connectivity index (χ1n) is 4.96. The van der Waals surface area contributed by atoms with E-state index in [-0.39, 0.29) is 17.2 Å². The lowest BCUT2D eigenvalue weighted by Gasteiger charge is -2.12. The standard InChI is InChI=1S/C11H13ClN2O3/c1-6(10(16)13-2)14-11(17)8-4-3-7(12)5-9(8)15/h3-6,15H,1-2H3,(H,13,16)(H,14,17). The third-order valence-electron chi connectivity index (χ3n) is 2.19. The van der Waals surface area contributed by atoms with Gasteiger partial charge in [-0.05, 0) is 25.1 Å². The molecule has 0 heterocycles. The SMILES string of the molecule is CNC(=O)C(C)NC(=O)c1ccc(Cl)cc1O. The Kier molecular flexibility index (Phi) is 4.34. The van der Waals surface area contributed by atoms with Gasteiger partial charge in [-0.2, -0.15) is 0 Å². The second-order valence-corrected chi connectivity index (χ2v) is 3.91. The maximum atomic E-state index is 11.7. The molecule has 0 aliphatic carbocycles. The zero-order valence-electron chi connectivity index (χ0n) is 9.45. The first-order valence-corrected chi connectivity index (χ1v) is 5.34. The van der Waals surface area contributed by atoms with Gasteiger partial charge in [0.05, 0.1) is 5.56 Å². The van der Waals surface area contributed by atoms with E-state index >= 15 is 0 Å². The maximum Gasteiger partial charge on any atom is 0.255 e. The lowest BCUT2D eigenvalue weighted by atomic mass is 10.1. The maximum absolute atomic E-state index is 11.7. The van der Waals surface area contributed by atoms with Gasteiger partial charge in [-0.1, -0.05) is 11.6 Å². The predicted octanol–water partition coefficient (Wildman–Crippen LogP) is 0.910. The zero-order valence-corrected chi connectivity index (χ0v) is 10.2. The Morgan fingerprint density at radius 2 is 2.06 bits per heavy atom. The molecule has 1 aromatic rings. The van der Waals surface area contributed by atoms with E-state index in [9.17, 15) is 14.7 Å². The van der Waals surface area contributed by atoms with E-state index in [2.05, 4.69) is 10.6 Å². The number of carbonyl (C=O) groups is 2. The predicted molar refractivity (Wildman–Crippen MR) is 64.1 cm³/mol. The largest absolute Gasteiger partial charge is 0.507 e.